The van der Waals surface area contributed by atoms with Crippen molar-refractivity contribution in [1.82, 2.24) is 15.1 Å². The quantitative estimate of drug-likeness (QED) is 0.619. The van der Waals surface area contributed by atoms with Crippen LogP contribution in [0.25, 0.3) is 10.2 Å². The Labute approximate surface area is 161 Å². The number of benzene rings is 1. The second-order valence-corrected chi connectivity index (χ2v) is 7.33. The van der Waals surface area contributed by atoms with E-state index in [1.807, 2.05) is 13.8 Å². The molecular weight excluding hydrogens is 397 g/mol. The van der Waals surface area contributed by atoms with Crippen LogP contribution in [-0.2, 0) is 11.2 Å². The topological polar surface area (TPSA) is 90.1 Å². The Hall–Kier alpha value is -2.69. The molecule has 1 N–H and O–H groups in total. The lowest BCUT2D eigenvalue weighted by molar-refractivity contribution is -0.153. The van der Waals surface area contributed by atoms with Gasteiger partial charge in [-0.2, -0.15) is 18.2 Å². The average molecular weight is 414 g/mol. The number of ether oxygens (including phenoxy) is 1. The van der Waals surface area contributed by atoms with Crippen LogP contribution in [0, 0.1) is 0 Å². The molecule has 0 saturated heterocycles. The molecule has 2 heterocycles. The largest absolute Gasteiger partial charge is 0.484 e. The highest BCUT2D eigenvalue weighted by Crippen LogP contribution is 2.30. The van der Waals surface area contributed by atoms with Crippen molar-refractivity contribution in [1.29, 1.82) is 0 Å². The molecule has 2 aromatic heterocycles. The fourth-order valence-corrected chi connectivity index (χ4v) is 3.13. The van der Waals surface area contributed by atoms with Gasteiger partial charge in [0.1, 0.15) is 5.75 Å². The van der Waals surface area contributed by atoms with Gasteiger partial charge in [-0.05, 0) is 18.2 Å². The lowest BCUT2D eigenvalue weighted by Crippen LogP contribution is -2.19. The van der Waals surface area contributed by atoms with Gasteiger partial charge in [0.2, 0.25) is 11.8 Å². The van der Waals surface area contributed by atoms with Crippen molar-refractivity contribution in [2.45, 2.75) is 38.8 Å². The van der Waals surface area contributed by atoms with Gasteiger partial charge in [0.15, 0.2) is 17.6 Å². The summed E-state index contributed by atoms with van der Waals surface area (Å²) in [6, 6.07) is 4.40. The molecule has 1 amide bonds. The van der Waals surface area contributed by atoms with Crippen molar-refractivity contribution in [3.05, 3.63) is 29.9 Å². The first-order chi connectivity index (χ1) is 13.2. The van der Waals surface area contributed by atoms with E-state index in [1.54, 1.807) is 6.07 Å². The Kier molecular flexibility index (Phi) is 5.82. The minimum absolute atomic E-state index is 0.0868. The molecule has 150 valence electrons. The SMILES string of the molecule is CC(C)c1noc(CCC(=O)Nc2nc3ccc(OCC(F)(F)F)cc3s2)n1. The zero-order chi connectivity index (χ0) is 20.3. The predicted molar refractivity (Wildman–Crippen MR) is 96.5 cm³/mol. The van der Waals surface area contributed by atoms with E-state index in [0.717, 1.165) is 11.3 Å². The minimum atomic E-state index is -4.41. The zero-order valence-electron chi connectivity index (χ0n) is 15.0. The van der Waals surface area contributed by atoms with Crippen molar-refractivity contribution >= 4 is 32.6 Å². The maximum Gasteiger partial charge on any atom is 0.422 e. The summed E-state index contributed by atoms with van der Waals surface area (Å²) >= 11 is 1.15. The molecular formula is C17H17F3N4O3S. The van der Waals surface area contributed by atoms with Gasteiger partial charge in [-0.15, -0.1) is 0 Å². The normalized spacial score (nSPS) is 11.9. The maximum absolute atomic E-state index is 12.2. The third-order valence-corrected chi connectivity index (χ3v) is 4.51. The number of carbonyl (C=O) groups excluding carboxylic acids is 1. The molecule has 1 aromatic carbocycles. The number of fused-ring (bicyclic) bond motifs is 1. The summed E-state index contributed by atoms with van der Waals surface area (Å²) in [5.74, 6) is 0.916. The molecule has 0 aliphatic carbocycles. The van der Waals surface area contributed by atoms with Crippen molar-refractivity contribution in [3.8, 4) is 5.75 Å². The van der Waals surface area contributed by atoms with Crippen molar-refractivity contribution < 1.29 is 27.2 Å². The highest BCUT2D eigenvalue weighted by molar-refractivity contribution is 7.22. The lowest BCUT2D eigenvalue weighted by atomic mass is 10.2. The lowest BCUT2D eigenvalue weighted by Gasteiger charge is -2.08. The first-order valence-electron chi connectivity index (χ1n) is 8.42. The van der Waals surface area contributed by atoms with E-state index in [-0.39, 0.29) is 24.0 Å². The molecule has 7 nitrogen and oxygen atoms in total. The number of anilines is 1. The van der Waals surface area contributed by atoms with Crippen LogP contribution < -0.4 is 10.1 Å². The number of halogens is 3. The number of aromatic nitrogens is 3. The van der Waals surface area contributed by atoms with E-state index >= 15 is 0 Å². The van der Waals surface area contributed by atoms with E-state index in [1.165, 1.54) is 12.1 Å². The summed E-state index contributed by atoms with van der Waals surface area (Å²) in [6.45, 7) is 2.51. The van der Waals surface area contributed by atoms with E-state index in [0.29, 0.717) is 33.5 Å². The van der Waals surface area contributed by atoms with Crippen LogP contribution in [0.5, 0.6) is 5.75 Å². The van der Waals surface area contributed by atoms with Gasteiger partial charge in [0.25, 0.3) is 0 Å². The van der Waals surface area contributed by atoms with Crippen molar-refractivity contribution in [2.24, 2.45) is 0 Å². The van der Waals surface area contributed by atoms with Crippen LogP contribution >= 0.6 is 11.3 Å². The maximum atomic E-state index is 12.2. The smallest absolute Gasteiger partial charge is 0.422 e. The van der Waals surface area contributed by atoms with Gasteiger partial charge < -0.3 is 14.6 Å². The molecule has 0 radical (unpaired) electrons. The van der Waals surface area contributed by atoms with Gasteiger partial charge in [-0.25, -0.2) is 4.98 Å². The van der Waals surface area contributed by atoms with Crippen LogP contribution in [0.4, 0.5) is 18.3 Å². The number of aryl methyl sites for hydroxylation is 1. The Bertz CT molecular complexity index is 968. The number of hydrogen-bond donors (Lipinski definition) is 1. The van der Waals surface area contributed by atoms with E-state index < -0.39 is 12.8 Å². The van der Waals surface area contributed by atoms with Crippen LogP contribution in [0.3, 0.4) is 0 Å². The summed E-state index contributed by atoms with van der Waals surface area (Å²) in [7, 11) is 0. The van der Waals surface area contributed by atoms with Crippen LogP contribution in [0.2, 0.25) is 0 Å². The third-order valence-electron chi connectivity index (χ3n) is 3.57. The Balaban J connectivity index is 1.57. The van der Waals surface area contributed by atoms with Gasteiger partial charge in [-0.3, -0.25) is 4.79 Å². The molecule has 0 bridgehead atoms. The summed E-state index contributed by atoms with van der Waals surface area (Å²) < 4.78 is 47.1. The number of nitrogens with one attached hydrogen (secondary N) is 1. The average Bonchev–Trinajstić information content (AvgIpc) is 3.23. The second-order valence-electron chi connectivity index (χ2n) is 6.30. The van der Waals surface area contributed by atoms with E-state index in [2.05, 4.69) is 20.4 Å². The molecule has 0 aliphatic heterocycles. The minimum Gasteiger partial charge on any atom is -0.484 e. The van der Waals surface area contributed by atoms with Crippen LogP contribution in [-0.4, -0.2) is 33.8 Å². The molecule has 0 spiro atoms. The molecule has 0 aliphatic rings. The second kappa shape index (κ2) is 8.13. The fraction of sp³-hybridized carbons (Fsp3) is 0.412. The summed E-state index contributed by atoms with van der Waals surface area (Å²) in [4.78, 5) is 20.5. The van der Waals surface area contributed by atoms with Crippen LogP contribution in [0.1, 0.15) is 37.9 Å². The van der Waals surface area contributed by atoms with Gasteiger partial charge in [0.05, 0.1) is 10.2 Å². The molecule has 3 aromatic rings. The first kappa shape index (κ1) is 20.1. The summed E-state index contributed by atoms with van der Waals surface area (Å²) in [6.07, 6.45) is -3.97. The highest BCUT2D eigenvalue weighted by atomic mass is 32.1. The number of thiazole rings is 1. The Morgan fingerprint density at radius 3 is 2.79 bits per heavy atom. The third kappa shape index (κ3) is 5.41. The summed E-state index contributed by atoms with van der Waals surface area (Å²) in [5, 5.41) is 6.85. The number of carbonyl (C=O) groups is 1. The predicted octanol–water partition coefficient (Wildman–Crippen LogP) is 4.32. The molecule has 0 unspecified atom stereocenters. The molecule has 3 rings (SSSR count). The van der Waals surface area contributed by atoms with Crippen molar-refractivity contribution in [2.75, 3.05) is 11.9 Å². The van der Waals surface area contributed by atoms with Gasteiger partial charge in [-0.1, -0.05) is 30.3 Å². The molecule has 0 fully saturated rings. The van der Waals surface area contributed by atoms with Gasteiger partial charge >= 0.3 is 6.18 Å². The molecule has 11 heteroatoms. The standard InChI is InChI=1S/C17H17F3N4O3S/c1-9(2)15-23-14(27-24-15)6-5-13(25)22-16-21-11-4-3-10(7-12(11)28-16)26-8-17(18,19)20/h3-4,7,9H,5-6,8H2,1-2H3,(H,21,22,25). The number of hydrogen-bond acceptors (Lipinski definition) is 7. The molecule has 0 atom stereocenters. The number of rotatable bonds is 7. The fourth-order valence-electron chi connectivity index (χ4n) is 2.22. The van der Waals surface area contributed by atoms with E-state index in [4.69, 9.17) is 9.26 Å². The molecule has 0 saturated carbocycles. The summed E-state index contributed by atoms with van der Waals surface area (Å²) in [5.41, 5.74) is 0.554. The van der Waals surface area contributed by atoms with Crippen molar-refractivity contribution in [3.63, 3.8) is 0 Å². The highest BCUT2D eigenvalue weighted by Gasteiger charge is 2.28. The van der Waals surface area contributed by atoms with Gasteiger partial charge in [0, 0.05) is 18.8 Å². The molecule has 28 heavy (non-hydrogen) atoms. The van der Waals surface area contributed by atoms with Crippen LogP contribution in [0.15, 0.2) is 22.7 Å². The Morgan fingerprint density at radius 2 is 2.11 bits per heavy atom. The number of alkyl halides is 3. The zero-order valence-corrected chi connectivity index (χ0v) is 15.9. The van der Waals surface area contributed by atoms with E-state index in [9.17, 15) is 18.0 Å². The Morgan fingerprint density at radius 1 is 1.32 bits per heavy atom. The number of amides is 1. The first-order valence-corrected chi connectivity index (χ1v) is 9.24. The number of nitrogens with zero attached hydrogens (tertiary/aromatic N) is 3. The monoisotopic (exact) mass is 414 g/mol.